The van der Waals surface area contributed by atoms with E-state index in [1.54, 1.807) is 26.6 Å². The summed E-state index contributed by atoms with van der Waals surface area (Å²) in [4.78, 5) is 4.11. The SMILES string of the molecule is COc1cccc(P(c2cccc(OC)c2)c2ccncc2Cl)c1. The Morgan fingerprint density at radius 2 is 1.46 bits per heavy atom. The highest BCUT2D eigenvalue weighted by Gasteiger charge is 2.20. The summed E-state index contributed by atoms with van der Waals surface area (Å²) in [5.41, 5.74) is 0. The highest BCUT2D eigenvalue weighted by Crippen LogP contribution is 2.36. The molecular formula is C19H17ClNO2P. The van der Waals surface area contributed by atoms with Gasteiger partial charge in [0.05, 0.1) is 19.2 Å². The molecule has 122 valence electrons. The molecule has 0 aliphatic rings. The molecule has 3 nitrogen and oxygen atoms in total. The predicted molar refractivity (Wildman–Crippen MR) is 101 cm³/mol. The number of aromatic nitrogens is 1. The second-order valence-electron chi connectivity index (χ2n) is 5.07. The molecule has 2 aromatic carbocycles. The summed E-state index contributed by atoms with van der Waals surface area (Å²) in [5.74, 6) is 1.65. The van der Waals surface area contributed by atoms with E-state index in [2.05, 4.69) is 29.2 Å². The summed E-state index contributed by atoms with van der Waals surface area (Å²) in [7, 11) is 2.50. The van der Waals surface area contributed by atoms with Crippen molar-refractivity contribution in [1.82, 2.24) is 4.98 Å². The van der Waals surface area contributed by atoms with Crippen LogP contribution >= 0.6 is 19.5 Å². The van der Waals surface area contributed by atoms with E-state index in [0.29, 0.717) is 5.02 Å². The molecule has 0 aliphatic carbocycles. The van der Waals surface area contributed by atoms with Crippen LogP contribution in [0, 0.1) is 0 Å². The van der Waals surface area contributed by atoms with Gasteiger partial charge >= 0.3 is 0 Å². The largest absolute Gasteiger partial charge is 0.497 e. The van der Waals surface area contributed by atoms with Gasteiger partial charge in [0.2, 0.25) is 0 Å². The molecule has 0 spiro atoms. The Balaban J connectivity index is 2.18. The monoisotopic (exact) mass is 357 g/mol. The zero-order chi connectivity index (χ0) is 16.9. The molecule has 0 radical (unpaired) electrons. The maximum Gasteiger partial charge on any atom is 0.119 e. The summed E-state index contributed by atoms with van der Waals surface area (Å²) >= 11 is 6.46. The first-order chi connectivity index (χ1) is 11.7. The second-order valence-corrected chi connectivity index (χ2v) is 7.66. The van der Waals surface area contributed by atoms with Crippen molar-refractivity contribution in [2.45, 2.75) is 0 Å². The number of hydrogen-bond acceptors (Lipinski definition) is 3. The van der Waals surface area contributed by atoms with Crippen LogP contribution in [0.25, 0.3) is 0 Å². The van der Waals surface area contributed by atoms with E-state index in [1.807, 2.05) is 30.3 Å². The lowest BCUT2D eigenvalue weighted by Crippen LogP contribution is -2.21. The molecule has 5 heteroatoms. The van der Waals surface area contributed by atoms with Crippen LogP contribution in [0.5, 0.6) is 11.5 Å². The molecule has 3 rings (SSSR count). The van der Waals surface area contributed by atoms with Crippen molar-refractivity contribution < 1.29 is 9.47 Å². The van der Waals surface area contributed by atoms with Crippen LogP contribution in [0.3, 0.4) is 0 Å². The zero-order valence-electron chi connectivity index (χ0n) is 13.4. The van der Waals surface area contributed by atoms with Gasteiger partial charge in [-0.15, -0.1) is 0 Å². The first kappa shape index (κ1) is 16.8. The van der Waals surface area contributed by atoms with Gasteiger partial charge in [0.25, 0.3) is 0 Å². The average Bonchev–Trinajstić information content (AvgIpc) is 2.64. The van der Waals surface area contributed by atoms with Crippen LogP contribution in [-0.2, 0) is 0 Å². The van der Waals surface area contributed by atoms with Gasteiger partial charge in [-0.3, -0.25) is 4.98 Å². The summed E-state index contributed by atoms with van der Waals surface area (Å²) < 4.78 is 10.8. The van der Waals surface area contributed by atoms with E-state index in [-0.39, 0.29) is 0 Å². The van der Waals surface area contributed by atoms with Gasteiger partial charge in [0.15, 0.2) is 0 Å². The fourth-order valence-corrected chi connectivity index (χ4v) is 5.17. The van der Waals surface area contributed by atoms with Gasteiger partial charge in [-0.2, -0.15) is 0 Å². The molecule has 0 saturated carbocycles. The van der Waals surface area contributed by atoms with Crippen molar-refractivity contribution in [1.29, 1.82) is 0 Å². The topological polar surface area (TPSA) is 31.4 Å². The van der Waals surface area contributed by atoms with Crippen molar-refractivity contribution in [3.8, 4) is 11.5 Å². The van der Waals surface area contributed by atoms with E-state index >= 15 is 0 Å². The van der Waals surface area contributed by atoms with E-state index in [9.17, 15) is 0 Å². The van der Waals surface area contributed by atoms with Gasteiger partial charge in [-0.25, -0.2) is 0 Å². The summed E-state index contributed by atoms with van der Waals surface area (Å²) in [6.07, 6.45) is 3.46. The number of ether oxygens (including phenoxy) is 2. The molecule has 0 bridgehead atoms. The van der Waals surface area contributed by atoms with Gasteiger partial charge in [-0.05, 0) is 48.9 Å². The van der Waals surface area contributed by atoms with Crippen molar-refractivity contribution in [3.63, 3.8) is 0 Å². The van der Waals surface area contributed by atoms with E-state index < -0.39 is 7.92 Å². The van der Waals surface area contributed by atoms with Gasteiger partial charge in [-0.1, -0.05) is 35.9 Å². The minimum absolute atomic E-state index is 0.661. The Morgan fingerprint density at radius 1 is 0.875 bits per heavy atom. The van der Waals surface area contributed by atoms with E-state index in [1.165, 1.54) is 0 Å². The molecule has 0 unspecified atom stereocenters. The fraction of sp³-hybridized carbons (Fsp3) is 0.105. The lowest BCUT2D eigenvalue weighted by atomic mass is 10.3. The number of nitrogens with zero attached hydrogens (tertiary/aromatic N) is 1. The Kier molecular flexibility index (Phi) is 5.34. The lowest BCUT2D eigenvalue weighted by Gasteiger charge is -2.21. The van der Waals surface area contributed by atoms with Crippen LogP contribution in [0.1, 0.15) is 0 Å². The minimum atomic E-state index is -0.843. The Hall–Kier alpha value is -2.09. The molecule has 1 heterocycles. The minimum Gasteiger partial charge on any atom is -0.497 e. The Morgan fingerprint density at radius 3 is 1.96 bits per heavy atom. The Bertz CT molecular complexity index is 793. The van der Waals surface area contributed by atoms with Crippen molar-refractivity contribution in [2.24, 2.45) is 0 Å². The molecule has 3 aromatic rings. The molecule has 0 N–H and O–H groups in total. The van der Waals surface area contributed by atoms with E-state index in [0.717, 1.165) is 27.4 Å². The molecule has 24 heavy (non-hydrogen) atoms. The maximum atomic E-state index is 6.46. The number of methoxy groups -OCH3 is 2. The molecule has 0 amide bonds. The molecular weight excluding hydrogens is 341 g/mol. The summed E-state index contributed by atoms with van der Waals surface area (Å²) in [6.45, 7) is 0. The number of hydrogen-bond donors (Lipinski definition) is 0. The first-order valence-corrected chi connectivity index (χ1v) is 9.12. The van der Waals surface area contributed by atoms with Crippen LogP contribution in [0.15, 0.2) is 67.0 Å². The molecule has 0 saturated heterocycles. The first-order valence-electron chi connectivity index (χ1n) is 7.40. The Labute approximate surface area is 148 Å². The van der Waals surface area contributed by atoms with Gasteiger partial charge < -0.3 is 9.47 Å². The van der Waals surface area contributed by atoms with Crippen LogP contribution in [-0.4, -0.2) is 19.2 Å². The van der Waals surface area contributed by atoms with Crippen LogP contribution in [0.4, 0.5) is 0 Å². The summed E-state index contributed by atoms with van der Waals surface area (Å²) in [5, 5.41) is 4.04. The number of halogens is 1. The number of pyridine rings is 1. The molecule has 0 aliphatic heterocycles. The highest BCUT2D eigenvalue weighted by atomic mass is 35.5. The highest BCUT2D eigenvalue weighted by molar-refractivity contribution is 7.80. The van der Waals surface area contributed by atoms with Gasteiger partial charge in [0.1, 0.15) is 11.5 Å². The number of rotatable bonds is 5. The standard InChI is InChI=1S/C19H17ClNO2P/c1-22-14-5-3-7-16(11-14)24(19-9-10-21-13-18(19)20)17-8-4-6-15(12-17)23-2/h3-13H,1-2H3. The van der Waals surface area contributed by atoms with Crippen molar-refractivity contribution in [3.05, 3.63) is 72.0 Å². The van der Waals surface area contributed by atoms with Crippen LogP contribution in [0.2, 0.25) is 5.02 Å². The third-order valence-corrected chi connectivity index (χ3v) is 6.51. The lowest BCUT2D eigenvalue weighted by molar-refractivity contribution is 0.415. The third kappa shape index (κ3) is 3.53. The maximum absolute atomic E-state index is 6.46. The second kappa shape index (κ2) is 7.65. The van der Waals surface area contributed by atoms with Gasteiger partial charge in [0, 0.05) is 17.7 Å². The average molecular weight is 358 g/mol. The molecule has 0 atom stereocenters. The van der Waals surface area contributed by atoms with Crippen molar-refractivity contribution in [2.75, 3.05) is 14.2 Å². The normalized spacial score (nSPS) is 10.7. The molecule has 0 fully saturated rings. The van der Waals surface area contributed by atoms with Crippen LogP contribution < -0.4 is 25.4 Å². The zero-order valence-corrected chi connectivity index (χ0v) is 15.1. The van der Waals surface area contributed by atoms with E-state index in [4.69, 9.17) is 21.1 Å². The number of benzene rings is 2. The quantitative estimate of drug-likeness (QED) is 0.655. The fourth-order valence-electron chi connectivity index (χ4n) is 2.48. The smallest absolute Gasteiger partial charge is 0.119 e. The summed E-state index contributed by atoms with van der Waals surface area (Å²) in [6, 6.07) is 18.2. The van der Waals surface area contributed by atoms with Crippen molar-refractivity contribution >= 4 is 35.4 Å². The molecule has 1 aromatic heterocycles. The third-order valence-electron chi connectivity index (χ3n) is 3.61. The predicted octanol–water partition coefficient (Wildman–Crippen LogP) is 3.51.